The molecule has 0 unspecified atom stereocenters. The molecule has 3 N–H and O–H groups in total. The van der Waals surface area contributed by atoms with Crippen LogP contribution in [0.4, 0.5) is 4.39 Å². The third-order valence-corrected chi connectivity index (χ3v) is 5.47. The molecule has 1 aliphatic rings. The van der Waals surface area contributed by atoms with Crippen LogP contribution in [0.15, 0.2) is 54.6 Å². The molecule has 2 atom stereocenters. The number of aromatic nitrogens is 1. The monoisotopic (exact) mass is 463 g/mol. The van der Waals surface area contributed by atoms with Crippen molar-refractivity contribution in [3.8, 4) is 11.1 Å². The topological polar surface area (TPSA) is 90.7 Å². The summed E-state index contributed by atoms with van der Waals surface area (Å²) in [5.41, 5.74) is 4.43. The molecule has 1 heterocycles. The summed E-state index contributed by atoms with van der Waals surface area (Å²) in [5, 5.41) is 29.9. The van der Waals surface area contributed by atoms with Gasteiger partial charge >= 0.3 is 43.7 Å². The van der Waals surface area contributed by atoms with Gasteiger partial charge < -0.3 is 15.3 Å². The van der Waals surface area contributed by atoms with Gasteiger partial charge in [-0.15, -0.1) is 0 Å². The first kappa shape index (κ1) is 24.8. The maximum absolute atomic E-state index is 13.6. The van der Waals surface area contributed by atoms with Crippen LogP contribution in [-0.4, -0.2) is 76.2 Å². The Kier molecular flexibility index (Phi) is 8.42. The number of benzene rings is 2. The van der Waals surface area contributed by atoms with Gasteiger partial charge in [0.1, 0.15) is 5.82 Å². The number of carbonyl (C=O) groups is 1. The minimum absolute atomic E-state index is 0. The number of hydrogen-bond donors (Lipinski definition) is 3. The minimum atomic E-state index is -1.13. The Morgan fingerprint density at radius 3 is 2.47 bits per heavy atom. The molecule has 0 aliphatic heterocycles. The number of halogens is 1. The number of para-hydroxylation sites is 1. The zero-order valence-corrected chi connectivity index (χ0v) is 16.9. The number of rotatable bonds is 8. The molecule has 0 spiro atoms. The van der Waals surface area contributed by atoms with E-state index in [1.54, 1.807) is 24.3 Å². The van der Waals surface area contributed by atoms with Crippen molar-refractivity contribution in [2.45, 2.75) is 43.8 Å². The van der Waals surface area contributed by atoms with E-state index in [2.05, 4.69) is 0 Å². The van der Waals surface area contributed by atoms with E-state index in [0.29, 0.717) is 5.92 Å². The number of hydrogen-bond acceptors (Lipinski definition) is 4. The predicted octanol–water partition coefficient (Wildman–Crippen LogP) is 3.60. The van der Waals surface area contributed by atoms with E-state index >= 15 is 0 Å². The first-order chi connectivity index (χ1) is 14.9. The number of carboxylic acid groups (broad SMARTS) is 1. The fraction of sp³-hybridized carbons (Fsp3) is 0.280. The molecule has 5 nitrogen and oxygen atoms in total. The fourth-order valence-corrected chi connectivity index (χ4v) is 3.86. The van der Waals surface area contributed by atoms with Gasteiger partial charge in [0.25, 0.3) is 0 Å². The van der Waals surface area contributed by atoms with Crippen molar-refractivity contribution in [1.29, 1.82) is 0 Å². The third kappa shape index (κ3) is 5.94. The van der Waals surface area contributed by atoms with Crippen LogP contribution in [0, 0.1) is 5.82 Å². The van der Waals surface area contributed by atoms with Crippen molar-refractivity contribution in [2.24, 2.45) is 0 Å². The van der Waals surface area contributed by atoms with Crippen LogP contribution in [0.25, 0.3) is 28.1 Å². The molecule has 7 heteroatoms. The first-order valence-corrected chi connectivity index (χ1v) is 10.4. The molecule has 1 fully saturated rings. The van der Waals surface area contributed by atoms with Crippen molar-refractivity contribution < 1.29 is 24.5 Å². The molecule has 0 radical (unpaired) electrons. The van der Waals surface area contributed by atoms with Crippen molar-refractivity contribution in [2.75, 3.05) is 0 Å². The number of fused-ring (bicyclic) bond motifs is 1. The number of aliphatic hydroxyl groups is 2. The van der Waals surface area contributed by atoms with Gasteiger partial charge in [-0.2, -0.15) is 0 Å². The van der Waals surface area contributed by atoms with Crippen molar-refractivity contribution in [3.63, 3.8) is 0 Å². The maximum atomic E-state index is 13.6. The Hall–Kier alpha value is -1.83. The van der Waals surface area contributed by atoms with Crippen LogP contribution >= 0.6 is 0 Å². The van der Waals surface area contributed by atoms with Crippen LogP contribution in [0.2, 0.25) is 0 Å². The van der Waals surface area contributed by atoms with Gasteiger partial charge in [-0.05, 0) is 36.6 Å². The molecule has 1 aliphatic carbocycles. The normalized spacial score (nSPS) is 15.5. The van der Waals surface area contributed by atoms with Gasteiger partial charge in [-0.25, -0.2) is 4.39 Å². The first-order valence-electron chi connectivity index (χ1n) is 10.4. The second-order valence-electron chi connectivity index (χ2n) is 8.00. The molecule has 4 rings (SSSR count). The van der Waals surface area contributed by atoms with E-state index in [0.717, 1.165) is 46.1 Å². The van der Waals surface area contributed by atoms with Crippen LogP contribution in [0.3, 0.4) is 0 Å². The van der Waals surface area contributed by atoms with E-state index in [-0.39, 0.29) is 50.0 Å². The van der Waals surface area contributed by atoms with Crippen LogP contribution < -0.4 is 0 Å². The Bertz CT molecular complexity index is 1130. The number of nitrogens with zero attached hydrogens (tertiary/aromatic N) is 1. The van der Waals surface area contributed by atoms with Gasteiger partial charge in [0.15, 0.2) is 0 Å². The number of aliphatic hydroxyl groups excluding tert-OH is 2. The second-order valence-corrected chi connectivity index (χ2v) is 8.00. The molecule has 0 saturated heterocycles. The summed E-state index contributed by atoms with van der Waals surface area (Å²) < 4.78 is 13.6. The van der Waals surface area contributed by atoms with Crippen molar-refractivity contribution >= 4 is 60.7 Å². The van der Waals surface area contributed by atoms with Crippen molar-refractivity contribution in [3.05, 3.63) is 71.7 Å². The Morgan fingerprint density at radius 1 is 1.12 bits per heavy atom. The predicted molar refractivity (Wildman–Crippen MR) is 126 cm³/mol. The zero-order chi connectivity index (χ0) is 22.0. The molecule has 32 heavy (non-hydrogen) atoms. The molecule has 1 saturated carbocycles. The molecule has 2 aromatic carbocycles. The summed E-state index contributed by atoms with van der Waals surface area (Å²) in [7, 11) is 0. The Labute approximate surface area is 215 Å². The van der Waals surface area contributed by atoms with Gasteiger partial charge in [-0.1, -0.05) is 42.5 Å². The number of aliphatic carboxylic acids is 1. The van der Waals surface area contributed by atoms with E-state index < -0.39 is 24.6 Å². The van der Waals surface area contributed by atoms with E-state index in [1.165, 1.54) is 12.1 Å². The molecule has 164 valence electrons. The van der Waals surface area contributed by atoms with Gasteiger partial charge in [-0.3, -0.25) is 9.78 Å². The zero-order valence-electron chi connectivity index (χ0n) is 16.9. The number of pyridine rings is 1. The SMILES string of the molecule is O=C(O)C[C@H](O)C[C@H](O)/C=C/c1c(C2CC2)nc2ccccc2c1-c1ccc(F)cc1.[CaH2]. The average molecular weight is 464 g/mol. The van der Waals surface area contributed by atoms with E-state index in [4.69, 9.17) is 10.1 Å². The molecule has 0 bridgehead atoms. The van der Waals surface area contributed by atoms with E-state index in [9.17, 15) is 19.4 Å². The summed E-state index contributed by atoms with van der Waals surface area (Å²) in [6.07, 6.45) is 2.80. The number of carboxylic acids is 1. The fourth-order valence-electron chi connectivity index (χ4n) is 3.86. The van der Waals surface area contributed by atoms with Gasteiger partial charge in [0, 0.05) is 28.9 Å². The summed E-state index contributed by atoms with van der Waals surface area (Å²) >= 11 is 0. The summed E-state index contributed by atoms with van der Waals surface area (Å²) in [4.78, 5) is 15.6. The van der Waals surface area contributed by atoms with Crippen LogP contribution in [0.1, 0.15) is 42.9 Å². The quantitative estimate of drug-likeness (QED) is 0.444. The third-order valence-electron chi connectivity index (χ3n) is 5.47. The molecule has 1 aromatic heterocycles. The second kappa shape index (κ2) is 10.9. The van der Waals surface area contributed by atoms with E-state index in [1.807, 2.05) is 24.3 Å². The van der Waals surface area contributed by atoms with Crippen molar-refractivity contribution in [1.82, 2.24) is 4.98 Å². The van der Waals surface area contributed by atoms with Gasteiger partial charge in [0.05, 0.1) is 29.8 Å². The van der Waals surface area contributed by atoms with Gasteiger partial charge in [0.2, 0.25) is 0 Å². The Balaban J connectivity index is 0.00000289. The summed E-state index contributed by atoms with van der Waals surface area (Å²) in [6.45, 7) is 0. The average Bonchev–Trinajstić information content (AvgIpc) is 3.56. The molecule has 3 aromatic rings. The van der Waals surface area contributed by atoms with Crippen LogP contribution in [0.5, 0.6) is 0 Å². The molecular formula is C25H26CaFNO4. The van der Waals surface area contributed by atoms with Crippen LogP contribution in [-0.2, 0) is 4.79 Å². The summed E-state index contributed by atoms with van der Waals surface area (Å²) in [6, 6.07) is 14.1. The molecular weight excluding hydrogens is 437 g/mol. The molecule has 0 amide bonds. The standard InChI is InChI=1S/C25H24FNO4.Ca.2H/c26-17-9-7-15(8-10-17)24-20-3-1-2-4-22(20)27-25(16-5-6-16)21(24)12-11-18(28)13-19(29)14-23(30)31;;;/h1-4,7-12,16,18-19,28-29H,5-6,13-14H2,(H,30,31);;;/b12-11+;;;/t18-,19-;;;/m1.../s1. The Morgan fingerprint density at radius 2 is 1.81 bits per heavy atom. The summed E-state index contributed by atoms with van der Waals surface area (Å²) in [5.74, 6) is -1.10.